The number of ether oxygens (including phenoxy) is 1. The molecule has 0 unspecified atom stereocenters. The number of esters is 1. The van der Waals surface area contributed by atoms with Crippen molar-refractivity contribution in [1.29, 1.82) is 0 Å². The van der Waals surface area contributed by atoms with Gasteiger partial charge in [-0.05, 0) is 48.7 Å². The van der Waals surface area contributed by atoms with Crippen molar-refractivity contribution < 1.29 is 17.9 Å². The lowest BCUT2D eigenvalue weighted by atomic mass is 10.2. The molecule has 8 heteroatoms. The fraction of sp³-hybridized carbons (Fsp3) is 0.190. The SMILES string of the molecule is COC(=O)c1sc(-c2ccccc2)cc1N(C)S(=O)(=O)c1cc(C)c(Cl)cc1C. The Balaban J connectivity index is 2.15. The largest absolute Gasteiger partial charge is 0.465 e. The highest BCUT2D eigenvalue weighted by molar-refractivity contribution is 7.92. The lowest BCUT2D eigenvalue weighted by molar-refractivity contribution is 0.0607. The smallest absolute Gasteiger partial charge is 0.350 e. The van der Waals surface area contributed by atoms with Crippen LogP contribution in [0, 0.1) is 13.8 Å². The molecule has 0 aliphatic rings. The molecule has 0 N–H and O–H groups in total. The predicted molar refractivity (Wildman–Crippen MR) is 118 cm³/mol. The van der Waals surface area contributed by atoms with Crippen LogP contribution in [0.15, 0.2) is 53.4 Å². The van der Waals surface area contributed by atoms with E-state index in [2.05, 4.69) is 0 Å². The molecular formula is C21H20ClNO4S2. The van der Waals surface area contributed by atoms with Crippen molar-refractivity contribution in [3.8, 4) is 10.4 Å². The molecule has 3 rings (SSSR count). The number of halogens is 1. The van der Waals surface area contributed by atoms with E-state index in [1.165, 1.54) is 25.5 Å². The van der Waals surface area contributed by atoms with E-state index in [9.17, 15) is 13.2 Å². The average Bonchev–Trinajstić information content (AvgIpc) is 3.15. The Labute approximate surface area is 179 Å². The van der Waals surface area contributed by atoms with Crippen LogP contribution in [0.1, 0.15) is 20.8 Å². The first kappa shape index (κ1) is 21.4. The zero-order valence-corrected chi connectivity index (χ0v) is 18.8. The number of sulfonamides is 1. The summed E-state index contributed by atoms with van der Waals surface area (Å²) in [6, 6.07) is 14.3. The topological polar surface area (TPSA) is 63.7 Å². The maximum absolute atomic E-state index is 13.4. The van der Waals surface area contributed by atoms with E-state index in [4.69, 9.17) is 16.3 Å². The average molecular weight is 450 g/mol. The van der Waals surface area contributed by atoms with Crippen LogP contribution in [0.4, 0.5) is 5.69 Å². The van der Waals surface area contributed by atoms with Crippen LogP contribution >= 0.6 is 22.9 Å². The maximum atomic E-state index is 13.4. The van der Waals surface area contributed by atoms with Gasteiger partial charge in [0.1, 0.15) is 4.88 Å². The van der Waals surface area contributed by atoms with Crippen molar-refractivity contribution in [1.82, 2.24) is 0 Å². The van der Waals surface area contributed by atoms with Gasteiger partial charge in [-0.25, -0.2) is 13.2 Å². The Morgan fingerprint density at radius 2 is 1.72 bits per heavy atom. The van der Waals surface area contributed by atoms with Crippen LogP contribution < -0.4 is 4.31 Å². The van der Waals surface area contributed by atoms with Crippen LogP contribution in [0.3, 0.4) is 0 Å². The fourth-order valence-corrected chi connectivity index (χ4v) is 5.79. The fourth-order valence-electron chi connectivity index (χ4n) is 2.91. The number of carbonyl (C=O) groups excluding carboxylic acids is 1. The zero-order chi connectivity index (χ0) is 21.3. The molecule has 3 aromatic rings. The summed E-state index contributed by atoms with van der Waals surface area (Å²) in [6.07, 6.45) is 0. The van der Waals surface area contributed by atoms with Crippen molar-refractivity contribution in [3.05, 3.63) is 69.6 Å². The van der Waals surface area contributed by atoms with E-state index >= 15 is 0 Å². The molecule has 1 aromatic heterocycles. The first-order chi connectivity index (χ1) is 13.7. The maximum Gasteiger partial charge on any atom is 0.350 e. The monoisotopic (exact) mass is 449 g/mol. The van der Waals surface area contributed by atoms with Gasteiger partial charge in [0.05, 0.1) is 17.7 Å². The van der Waals surface area contributed by atoms with Gasteiger partial charge in [0.15, 0.2) is 0 Å². The lowest BCUT2D eigenvalue weighted by Gasteiger charge is -2.21. The Hall–Kier alpha value is -2.35. The number of hydrogen-bond acceptors (Lipinski definition) is 5. The van der Waals surface area contributed by atoms with Gasteiger partial charge in [-0.1, -0.05) is 41.9 Å². The molecule has 29 heavy (non-hydrogen) atoms. The summed E-state index contributed by atoms with van der Waals surface area (Å²) >= 11 is 7.31. The number of benzene rings is 2. The van der Waals surface area contributed by atoms with Crippen molar-refractivity contribution in [2.75, 3.05) is 18.5 Å². The summed E-state index contributed by atoms with van der Waals surface area (Å²) in [5.74, 6) is -0.585. The zero-order valence-electron chi connectivity index (χ0n) is 16.4. The molecule has 152 valence electrons. The molecule has 0 spiro atoms. The molecule has 0 saturated heterocycles. The molecule has 0 fully saturated rings. The predicted octanol–water partition coefficient (Wildman–Crippen LogP) is 5.30. The quantitative estimate of drug-likeness (QED) is 0.496. The molecule has 5 nitrogen and oxygen atoms in total. The number of nitrogens with zero attached hydrogens (tertiary/aromatic N) is 1. The van der Waals surface area contributed by atoms with Gasteiger partial charge < -0.3 is 4.74 Å². The summed E-state index contributed by atoms with van der Waals surface area (Å²) < 4.78 is 32.7. The number of rotatable bonds is 5. The van der Waals surface area contributed by atoms with Gasteiger partial charge in [-0.2, -0.15) is 0 Å². The molecule has 0 bridgehead atoms. The number of hydrogen-bond donors (Lipinski definition) is 0. The van der Waals surface area contributed by atoms with Gasteiger partial charge >= 0.3 is 5.97 Å². The number of anilines is 1. The Kier molecular flexibility index (Phi) is 6.03. The number of carbonyl (C=O) groups is 1. The van der Waals surface area contributed by atoms with Crippen LogP contribution in [-0.4, -0.2) is 28.5 Å². The van der Waals surface area contributed by atoms with Crippen LogP contribution in [0.5, 0.6) is 0 Å². The summed E-state index contributed by atoms with van der Waals surface area (Å²) in [5, 5.41) is 0.501. The molecule has 0 aliphatic heterocycles. The highest BCUT2D eigenvalue weighted by Crippen LogP contribution is 2.39. The van der Waals surface area contributed by atoms with Gasteiger partial charge in [0.2, 0.25) is 0 Å². The first-order valence-electron chi connectivity index (χ1n) is 8.70. The van der Waals surface area contributed by atoms with E-state index in [1.807, 2.05) is 30.3 Å². The third-order valence-electron chi connectivity index (χ3n) is 4.58. The molecule has 0 amide bonds. The highest BCUT2D eigenvalue weighted by atomic mass is 35.5. The summed E-state index contributed by atoms with van der Waals surface area (Å²) in [5.41, 5.74) is 2.35. The highest BCUT2D eigenvalue weighted by Gasteiger charge is 2.29. The van der Waals surface area contributed by atoms with E-state index in [1.54, 1.807) is 32.0 Å². The molecule has 0 aliphatic carbocycles. The number of aryl methyl sites for hydroxylation is 2. The number of thiophene rings is 1. The third kappa shape index (κ3) is 4.03. The molecular weight excluding hydrogens is 430 g/mol. The van der Waals surface area contributed by atoms with Gasteiger partial charge in [-0.3, -0.25) is 4.31 Å². The van der Waals surface area contributed by atoms with Crippen molar-refractivity contribution in [3.63, 3.8) is 0 Å². The molecule has 0 atom stereocenters. The van der Waals surface area contributed by atoms with Gasteiger partial charge in [0, 0.05) is 16.9 Å². The van der Waals surface area contributed by atoms with Crippen molar-refractivity contribution >= 4 is 44.6 Å². The minimum Gasteiger partial charge on any atom is -0.465 e. The van der Waals surface area contributed by atoms with E-state index in [0.717, 1.165) is 14.7 Å². The summed E-state index contributed by atoms with van der Waals surface area (Å²) in [6.45, 7) is 3.44. The van der Waals surface area contributed by atoms with Crippen LogP contribution in [0.2, 0.25) is 5.02 Å². The van der Waals surface area contributed by atoms with Crippen LogP contribution in [-0.2, 0) is 14.8 Å². The normalized spacial score (nSPS) is 11.3. The summed E-state index contributed by atoms with van der Waals surface area (Å²) in [4.78, 5) is 13.5. The van der Waals surface area contributed by atoms with Crippen molar-refractivity contribution in [2.45, 2.75) is 18.7 Å². The molecule has 0 saturated carbocycles. The van der Waals surface area contributed by atoms with Gasteiger partial charge in [-0.15, -0.1) is 11.3 Å². The first-order valence-corrected chi connectivity index (χ1v) is 11.3. The minimum absolute atomic E-state index is 0.144. The Morgan fingerprint density at radius 3 is 2.34 bits per heavy atom. The number of methoxy groups -OCH3 is 1. The molecule has 2 aromatic carbocycles. The second-order valence-corrected chi connectivity index (χ2v) is 9.92. The van der Waals surface area contributed by atoms with Crippen LogP contribution in [0.25, 0.3) is 10.4 Å². The molecule has 1 heterocycles. The van der Waals surface area contributed by atoms with Gasteiger partial charge in [0.25, 0.3) is 10.0 Å². The second-order valence-electron chi connectivity index (χ2n) is 6.52. The summed E-state index contributed by atoms with van der Waals surface area (Å²) in [7, 11) is -1.22. The second kappa shape index (κ2) is 8.18. The van der Waals surface area contributed by atoms with Crippen molar-refractivity contribution in [2.24, 2.45) is 0 Å². The minimum atomic E-state index is -3.92. The standard InChI is InChI=1S/C21H20ClNO4S2/c1-13-11-19(14(2)10-16(13)22)29(25,26)23(3)17-12-18(15-8-6-5-7-9-15)28-20(17)21(24)27-4/h5-12H,1-4H3. The van der Waals surface area contributed by atoms with E-state index < -0.39 is 16.0 Å². The molecule has 0 radical (unpaired) electrons. The van der Waals surface area contributed by atoms with E-state index in [0.29, 0.717) is 16.1 Å². The lowest BCUT2D eigenvalue weighted by Crippen LogP contribution is -2.28. The Morgan fingerprint density at radius 1 is 1.07 bits per heavy atom. The third-order valence-corrected chi connectivity index (χ3v) is 8.05. The Bertz CT molecular complexity index is 1170. The van der Waals surface area contributed by atoms with E-state index in [-0.39, 0.29) is 15.5 Å².